The van der Waals surface area contributed by atoms with E-state index in [-0.39, 0.29) is 5.82 Å². The second-order valence-electron chi connectivity index (χ2n) is 5.08. The highest BCUT2D eigenvalue weighted by molar-refractivity contribution is 7.09. The van der Waals surface area contributed by atoms with E-state index in [1.54, 1.807) is 18.2 Å². The topological polar surface area (TPSA) is 63.3 Å². The van der Waals surface area contributed by atoms with Gasteiger partial charge >= 0.3 is 0 Å². The van der Waals surface area contributed by atoms with Gasteiger partial charge in [-0.1, -0.05) is 12.1 Å². The van der Waals surface area contributed by atoms with E-state index in [0.29, 0.717) is 29.8 Å². The molecular formula is C15H17FN4S. The summed E-state index contributed by atoms with van der Waals surface area (Å²) in [6.45, 7) is 0.421. The summed E-state index contributed by atoms with van der Waals surface area (Å²) in [7, 11) is 0. The summed E-state index contributed by atoms with van der Waals surface area (Å²) in [5, 5.41) is 5.85. The molecule has 0 unspecified atom stereocenters. The molecule has 1 aromatic heterocycles. The first-order valence-corrected chi connectivity index (χ1v) is 7.86. The zero-order valence-electron chi connectivity index (χ0n) is 11.6. The summed E-state index contributed by atoms with van der Waals surface area (Å²) < 4.78 is 13.7. The molecule has 1 heterocycles. The summed E-state index contributed by atoms with van der Waals surface area (Å²) in [5.41, 5.74) is 6.99. The Kier molecular flexibility index (Phi) is 4.15. The van der Waals surface area contributed by atoms with E-state index in [1.807, 2.05) is 5.38 Å². The van der Waals surface area contributed by atoms with Crippen LogP contribution in [0.3, 0.4) is 0 Å². The molecule has 0 saturated heterocycles. The van der Waals surface area contributed by atoms with Crippen LogP contribution >= 0.6 is 11.3 Å². The molecule has 1 aliphatic carbocycles. The van der Waals surface area contributed by atoms with Crippen molar-refractivity contribution in [3.63, 3.8) is 0 Å². The van der Waals surface area contributed by atoms with Crippen LogP contribution in [0.4, 0.5) is 4.39 Å². The maximum Gasteiger partial charge on any atom is 0.189 e. The predicted molar refractivity (Wildman–Crippen MR) is 83.6 cm³/mol. The van der Waals surface area contributed by atoms with E-state index >= 15 is 0 Å². The molecule has 110 valence electrons. The molecule has 0 spiro atoms. The molecule has 0 atom stereocenters. The van der Waals surface area contributed by atoms with Gasteiger partial charge in [-0.25, -0.2) is 14.4 Å². The first-order valence-electron chi connectivity index (χ1n) is 6.98. The molecule has 0 bridgehead atoms. The number of rotatable bonds is 4. The SMILES string of the molecule is NC(=NCc1nc(-c2ccccc2F)cs1)NC1CCC1. The molecule has 0 amide bonds. The molecule has 4 nitrogen and oxygen atoms in total. The molecule has 2 aromatic rings. The Hall–Kier alpha value is -1.95. The number of benzene rings is 1. The standard InChI is InChI=1S/C15H17FN4S/c16-12-7-2-1-6-11(12)13-9-21-14(20-13)8-18-15(17)19-10-4-3-5-10/h1-2,6-7,9-10H,3-5,8H2,(H3,17,18,19). The van der Waals surface area contributed by atoms with Gasteiger partial charge in [0.25, 0.3) is 0 Å². The number of hydrogen-bond donors (Lipinski definition) is 2. The zero-order chi connectivity index (χ0) is 14.7. The molecule has 1 saturated carbocycles. The monoisotopic (exact) mass is 304 g/mol. The fourth-order valence-corrected chi connectivity index (χ4v) is 2.85. The molecular weight excluding hydrogens is 287 g/mol. The van der Waals surface area contributed by atoms with Gasteiger partial charge in [0.1, 0.15) is 10.8 Å². The fourth-order valence-electron chi connectivity index (χ4n) is 2.14. The van der Waals surface area contributed by atoms with Crippen molar-refractivity contribution in [1.29, 1.82) is 0 Å². The van der Waals surface area contributed by atoms with Crippen LogP contribution in [0, 0.1) is 5.82 Å². The number of halogens is 1. The van der Waals surface area contributed by atoms with Gasteiger partial charge in [0.15, 0.2) is 5.96 Å². The lowest BCUT2D eigenvalue weighted by molar-refractivity contribution is 0.382. The van der Waals surface area contributed by atoms with E-state index in [2.05, 4.69) is 15.3 Å². The number of aromatic nitrogens is 1. The Morgan fingerprint density at radius 2 is 2.24 bits per heavy atom. The summed E-state index contributed by atoms with van der Waals surface area (Å²) in [5.74, 6) is 0.200. The number of nitrogens with one attached hydrogen (secondary N) is 1. The van der Waals surface area contributed by atoms with E-state index < -0.39 is 0 Å². The molecule has 21 heavy (non-hydrogen) atoms. The molecule has 6 heteroatoms. The van der Waals surface area contributed by atoms with Crippen LogP contribution in [0.5, 0.6) is 0 Å². The van der Waals surface area contributed by atoms with Crippen molar-refractivity contribution < 1.29 is 4.39 Å². The van der Waals surface area contributed by atoms with Crippen LogP contribution in [0.15, 0.2) is 34.6 Å². The van der Waals surface area contributed by atoms with Crippen molar-refractivity contribution in [1.82, 2.24) is 10.3 Å². The lowest BCUT2D eigenvalue weighted by Gasteiger charge is -2.26. The van der Waals surface area contributed by atoms with E-state index in [9.17, 15) is 4.39 Å². The lowest BCUT2D eigenvalue weighted by atomic mass is 9.93. The molecule has 0 aliphatic heterocycles. The summed E-state index contributed by atoms with van der Waals surface area (Å²) >= 11 is 1.47. The third-order valence-corrected chi connectivity index (χ3v) is 4.38. The highest BCUT2D eigenvalue weighted by atomic mass is 32.1. The maximum absolute atomic E-state index is 13.7. The van der Waals surface area contributed by atoms with Crippen LogP contribution in [0.2, 0.25) is 0 Å². The lowest BCUT2D eigenvalue weighted by Crippen LogP contribution is -2.43. The summed E-state index contributed by atoms with van der Waals surface area (Å²) in [6.07, 6.45) is 3.57. The highest BCUT2D eigenvalue weighted by Gasteiger charge is 2.17. The third-order valence-electron chi connectivity index (χ3n) is 3.54. The van der Waals surface area contributed by atoms with Crippen molar-refractivity contribution in [2.24, 2.45) is 10.7 Å². The molecule has 3 rings (SSSR count). The minimum Gasteiger partial charge on any atom is -0.370 e. The number of guanidine groups is 1. The van der Waals surface area contributed by atoms with E-state index in [0.717, 1.165) is 17.8 Å². The average molecular weight is 304 g/mol. The van der Waals surface area contributed by atoms with Crippen LogP contribution < -0.4 is 11.1 Å². The van der Waals surface area contributed by atoms with Gasteiger partial charge in [0.05, 0.1) is 12.2 Å². The Morgan fingerprint density at radius 1 is 1.43 bits per heavy atom. The van der Waals surface area contributed by atoms with Gasteiger partial charge in [0, 0.05) is 17.0 Å². The molecule has 1 fully saturated rings. The van der Waals surface area contributed by atoms with Crippen LogP contribution in [0.1, 0.15) is 24.3 Å². The van der Waals surface area contributed by atoms with Crippen molar-refractivity contribution in [3.8, 4) is 11.3 Å². The predicted octanol–water partition coefficient (Wildman–Crippen LogP) is 2.91. The quantitative estimate of drug-likeness (QED) is 0.674. The Bertz CT molecular complexity index is 649. The van der Waals surface area contributed by atoms with Crippen molar-refractivity contribution in [2.75, 3.05) is 0 Å². The van der Waals surface area contributed by atoms with Crippen LogP contribution in [0.25, 0.3) is 11.3 Å². The number of nitrogens with zero attached hydrogens (tertiary/aromatic N) is 2. The van der Waals surface area contributed by atoms with E-state index in [1.165, 1.54) is 23.8 Å². The minimum atomic E-state index is -0.260. The number of nitrogens with two attached hydrogens (primary N) is 1. The van der Waals surface area contributed by atoms with Crippen molar-refractivity contribution in [3.05, 3.63) is 40.5 Å². The smallest absolute Gasteiger partial charge is 0.189 e. The van der Waals surface area contributed by atoms with Gasteiger partial charge in [-0.3, -0.25) is 0 Å². The largest absolute Gasteiger partial charge is 0.370 e. The zero-order valence-corrected chi connectivity index (χ0v) is 12.4. The van der Waals surface area contributed by atoms with Crippen molar-refractivity contribution in [2.45, 2.75) is 31.8 Å². The number of hydrogen-bond acceptors (Lipinski definition) is 3. The maximum atomic E-state index is 13.7. The van der Waals surface area contributed by atoms with Gasteiger partial charge in [-0.2, -0.15) is 0 Å². The van der Waals surface area contributed by atoms with Gasteiger partial charge in [-0.15, -0.1) is 11.3 Å². The van der Waals surface area contributed by atoms with Gasteiger partial charge in [0.2, 0.25) is 0 Å². The first kappa shape index (κ1) is 14.0. The molecule has 1 aliphatic rings. The number of thiazole rings is 1. The minimum absolute atomic E-state index is 0.260. The molecule has 1 aromatic carbocycles. The Labute approximate surface area is 126 Å². The Morgan fingerprint density at radius 3 is 2.95 bits per heavy atom. The number of aliphatic imine (C=N–C) groups is 1. The second kappa shape index (κ2) is 6.22. The summed E-state index contributed by atoms with van der Waals surface area (Å²) in [6, 6.07) is 7.11. The van der Waals surface area contributed by atoms with Crippen LogP contribution in [-0.2, 0) is 6.54 Å². The van der Waals surface area contributed by atoms with Gasteiger partial charge < -0.3 is 11.1 Å². The molecule has 3 N–H and O–H groups in total. The molecule has 0 radical (unpaired) electrons. The average Bonchev–Trinajstić information content (AvgIpc) is 2.90. The van der Waals surface area contributed by atoms with Crippen molar-refractivity contribution >= 4 is 17.3 Å². The van der Waals surface area contributed by atoms with Crippen LogP contribution in [-0.4, -0.2) is 17.0 Å². The Balaban J connectivity index is 1.65. The third kappa shape index (κ3) is 3.39. The fraction of sp³-hybridized carbons (Fsp3) is 0.333. The normalized spacial score (nSPS) is 15.8. The highest BCUT2D eigenvalue weighted by Crippen LogP contribution is 2.24. The summed E-state index contributed by atoms with van der Waals surface area (Å²) in [4.78, 5) is 8.70. The first-order chi connectivity index (χ1) is 10.2. The van der Waals surface area contributed by atoms with Gasteiger partial charge in [-0.05, 0) is 31.4 Å². The van der Waals surface area contributed by atoms with E-state index in [4.69, 9.17) is 5.73 Å². The second-order valence-corrected chi connectivity index (χ2v) is 6.02.